The van der Waals surface area contributed by atoms with E-state index in [2.05, 4.69) is 6.07 Å². The van der Waals surface area contributed by atoms with E-state index < -0.39 is 0 Å². The van der Waals surface area contributed by atoms with E-state index >= 15 is 0 Å². The molecule has 0 aliphatic carbocycles. The lowest BCUT2D eigenvalue weighted by molar-refractivity contribution is -0.142. The predicted octanol–water partition coefficient (Wildman–Crippen LogP) is 4.00. The van der Waals surface area contributed by atoms with Gasteiger partial charge in [-0.15, -0.1) is 0 Å². The summed E-state index contributed by atoms with van der Waals surface area (Å²) in [6, 6.07) is 11.9. The van der Waals surface area contributed by atoms with Crippen molar-refractivity contribution < 1.29 is 13.9 Å². The summed E-state index contributed by atoms with van der Waals surface area (Å²) in [6.45, 7) is 4.27. The van der Waals surface area contributed by atoms with Crippen LogP contribution in [0.15, 0.2) is 40.8 Å². The van der Waals surface area contributed by atoms with Crippen molar-refractivity contribution in [3.05, 3.63) is 47.5 Å². The van der Waals surface area contributed by atoms with Crippen LogP contribution in [0.1, 0.15) is 18.1 Å². The molecule has 0 unspecified atom stereocenters. The number of hydrogen-bond acceptors (Lipinski definition) is 3. The predicted molar refractivity (Wildman–Crippen MR) is 78.8 cm³/mol. The second-order valence-corrected chi connectivity index (χ2v) is 4.87. The highest BCUT2D eigenvalue weighted by atomic mass is 16.5. The second-order valence-electron chi connectivity index (χ2n) is 4.87. The Bertz CT molecular complexity index is 783. The van der Waals surface area contributed by atoms with Crippen molar-refractivity contribution in [1.29, 1.82) is 0 Å². The maximum atomic E-state index is 11.7. The smallest absolute Gasteiger partial charge is 0.310 e. The van der Waals surface area contributed by atoms with Gasteiger partial charge in [-0.1, -0.05) is 23.8 Å². The minimum Gasteiger partial charge on any atom is -0.466 e. The highest BCUT2D eigenvalue weighted by Gasteiger charge is 2.13. The Kier molecular flexibility index (Phi) is 3.18. The summed E-state index contributed by atoms with van der Waals surface area (Å²) in [4.78, 5) is 11.7. The molecular weight excluding hydrogens is 252 g/mol. The van der Waals surface area contributed by atoms with Crippen molar-refractivity contribution in [2.75, 3.05) is 6.61 Å². The topological polar surface area (TPSA) is 39.4 Å². The standard InChI is InChI=1S/C17H16O3/c1-3-19-16(18)10-12-5-4-6-15-17(12)13-9-11(2)7-8-14(13)20-15/h4-9H,3,10H2,1-2H3. The number of rotatable bonds is 3. The fraction of sp³-hybridized carbons (Fsp3) is 0.235. The maximum Gasteiger partial charge on any atom is 0.310 e. The lowest BCUT2D eigenvalue weighted by Gasteiger charge is -2.03. The van der Waals surface area contributed by atoms with Crippen molar-refractivity contribution in [3.8, 4) is 0 Å². The molecule has 3 heteroatoms. The molecule has 0 aliphatic heterocycles. The lowest BCUT2D eigenvalue weighted by atomic mass is 10.0. The third-order valence-corrected chi connectivity index (χ3v) is 3.38. The summed E-state index contributed by atoms with van der Waals surface area (Å²) in [5, 5.41) is 2.07. The van der Waals surface area contributed by atoms with E-state index in [0.717, 1.165) is 27.5 Å². The van der Waals surface area contributed by atoms with Crippen LogP contribution >= 0.6 is 0 Å². The summed E-state index contributed by atoms with van der Waals surface area (Å²) in [7, 11) is 0. The van der Waals surface area contributed by atoms with Crippen LogP contribution in [0.2, 0.25) is 0 Å². The van der Waals surface area contributed by atoms with Crippen LogP contribution in [0.3, 0.4) is 0 Å². The van der Waals surface area contributed by atoms with Gasteiger partial charge in [0.2, 0.25) is 0 Å². The molecule has 0 aliphatic rings. The van der Waals surface area contributed by atoms with Gasteiger partial charge < -0.3 is 9.15 Å². The second kappa shape index (κ2) is 5.00. The number of benzene rings is 2. The number of fused-ring (bicyclic) bond motifs is 3. The van der Waals surface area contributed by atoms with Crippen LogP contribution < -0.4 is 0 Å². The van der Waals surface area contributed by atoms with E-state index in [0.29, 0.717) is 6.61 Å². The van der Waals surface area contributed by atoms with Gasteiger partial charge in [0.15, 0.2) is 0 Å². The van der Waals surface area contributed by atoms with Gasteiger partial charge in [-0.25, -0.2) is 0 Å². The molecule has 3 nitrogen and oxygen atoms in total. The van der Waals surface area contributed by atoms with Gasteiger partial charge in [0.05, 0.1) is 13.0 Å². The highest BCUT2D eigenvalue weighted by molar-refractivity contribution is 6.07. The van der Waals surface area contributed by atoms with Crippen LogP contribution in [-0.2, 0) is 16.0 Å². The molecule has 0 saturated carbocycles. The van der Waals surface area contributed by atoms with Crippen LogP contribution in [0, 0.1) is 6.92 Å². The van der Waals surface area contributed by atoms with Gasteiger partial charge >= 0.3 is 5.97 Å². The fourth-order valence-corrected chi connectivity index (χ4v) is 2.53. The average Bonchev–Trinajstić information content (AvgIpc) is 2.77. The number of esters is 1. The average molecular weight is 268 g/mol. The first-order valence-corrected chi connectivity index (χ1v) is 6.75. The molecular formula is C17H16O3. The van der Waals surface area contributed by atoms with Crippen molar-refractivity contribution in [2.24, 2.45) is 0 Å². The first-order valence-electron chi connectivity index (χ1n) is 6.75. The summed E-state index contributed by atoms with van der Waals surface area (Å²) in [6.07, 6.45) is 0.272. The summed E-state index contributed by atoms with van der Waals surface area (Å²) >= 11 is 0. The van der Waals surface area contributed by atoms with E-state index in [-0.39, 0.29) is 12.4 Å². The fourth-order valence-electron chi connectivity index (χ4n) is 2.53. The third kappa shape index (κ3) is 2.16. The zero-order valence-corrected chi connectivity index (χ0v) is 11.6. The van der Waals surface area contributed by atoms with Crippen LogP contribution in [0.5, 0.6) is 0 Å². The Balaban J connectivity index is 2.19. The normalized spacial score (nSPS) is 11.1. The highest BCUT2D eigenvalue weighted by Crippen LogP contribution is 2.32. The first-order chi connectivity index (χ1) is 9.69. The van der Waals surface area contributed by atoms with Crippen molar-refractivity contribution >= 4 is 27.9 Å². The summed E-state index contributed by atoms with van der Waals surface area (Å²) in [5.41, 5.74) is 3.78. The Hall–Kier alpha value is -2.29. The number of carbonyl (C=O) groups excluding carboxylic acids is 1. The number of furan rings is 1. The van der Waals surface area contributed by atoms with Crippen molar-refractivity contribution in [1.82, 2.24) is 0 Å². The quantitative estimate of drug-likeness (QED) is 0.674. The monoisotopic (exact) mass is 268 g/mol. The SMILES string of the molecule is CCOC(=O)Cc1cccc2oc3ccc(C)cc3c12. The molecule has 102 valence electrons. The van der Waals surface area contributed by atoms with Gasteiger partial charge in [0.25, 0.3) is 0 Å². The Morgan fingerprint density at radius 2 is 2.05 bits per heavy atom. The Morgan fingerprint density at radius 1 is 1.20 bits per heavy atom. The number of ether oxygens (including phenoxy) is 1. The molecule has 0 fully saturated rings. The summed E-state index contributed by atoms with van der Waals surface area (Å²) in [5.74, 6) is -0.206. The van der Waals surface area contributed by atoms with E-state index in [1.54, 1.807) is 0 Å². The number of aryl methyl sites for hydroxylation is 1. The van der Waals surface area contributed by atoms with Crippen molar-refractivity contribution in [2.45, 2.75) is 20.3 Å². The van der Waals surface area contributed by atoms with Crippen LogP contribution in [0.4, 0.5) is 0 Å². The molecule has 0 spiro atoms. The molecule has 3 aromatic rings. The van der Waals surface area contributed by atoms with Gasteiger partial charge in [-0.3, -0.25) is 4.79 Å². The number of hydrogen-bond donors (Lipinski definition) is 0. The third-order valence-electron chi connectivity index (χ3n) is 3.38. The molecule has 0 N–H and O–H groups in total. The molecule has 0 atom stereocenters. The van der Waals surface area contributed by atoms with Gasteiger partial charge in [-0.2, -0.15) is 0 Å². The molecule has 20 heavy (non-hydrogen) atoms. The molecule has 0 saturated heterocycles. The van der Waals surface area contributed by atoms with Crippen LogP contribution in [0.25, 0.3) is 21.9 Å². The Labute approximate surface area is 117 Å². The van der Waals surface area contributed by atoms with E-state index in [4.69, 9.17) is 9.15 Å². The molecule has 0 radical (unpaired) electrons. The molecule has 0 amide bonds. The lowest BCUT2D eigenvalue weighted by Crippen LogP contribution is -2.07. The largest absolute Gasteiger partial charge is 0.466 e. The van der Waals surface area contributed by atoms with E-state index in [1.807, 2.05) is 44.2 Å². The molecule has 2 aromatic carbocycles. The minimum absolute atomic E-state index is 0.206. The van der Waals surface area contributed by atoms with Gasteiger partial charge in [0, 0.05) is 10.8 Å². The summed E-state index contributed by atoms with van der Waals surface area (Å²) < 4.78 is 10.9. The molecule has 1 aromatic heterocycles. The molecule has 1 heterocycles. The van der Waals surface area contributed by atoms with Gasteiger partial charge in [-0.05, 0) is 37.6 Å². The minimum atomic E-state index is -0.206. The van der Waals surface area contributed by atoms with E-state index in [9.17, 15) is 4.79 Å². The van der Waals surface area contributed by atoms with E-state index in [1.165, 1.54) is 5.56 Å². The number of carbonyl (C=O) groups is 1. The van der Waals surface area contributed by atoms with Crippen molar-refractivity contribution in [3.63, 3.8) is 0 Å². The Morgan fingerprint density at radius 3 is 2.85 bits per heavy atom. The maximum absolute atomic E-state index is 11.7. The van der Waals surface area contributed by atoms with Gasteiger partial charge in [0.1, 0.15) is 11.2 Å². The molecule has 3 rings (SSSR count). The zero-order chi connectivity index (χ0) is 14.1. The zero-order valence-electron chi connectivity index (χ0n) is 11.6. The molecule has 0 bridgehead atoms. The van der Waals surface area contributed by atoms with Crippen LogP contribution in [-0.4, -0.2) is 12.6 Å². The first kappa shape index (κ1) is 12.7.